The number of rotatable bonds is 4. The van der Waals surface area contributed by atoms with Crippen molar-refractivity contribution in [2.24, 2.45) is 17.3 Å². The lowest BCUT2D eigenvalue weighted by molar-refractivity contribution is -0.153. The Morgan fingerprint density at radius 3 is 2.53 bits per heavy atom. The van der Waals surface area contributed by atoms with E-state index in [2.05, 4.69) is 0 Å². The Labute approximate surface area is 113 Å². The third kappa shape index (κ3) is 2.17. The summed E-state index contributed by atoms with van der Waals surface area (Å²) in [5.74, 6) is -0.303. The van der Waals surface area contributed by atoms with Crippen molar-refractivity contribution < 1.29 is 19.8 Å². The van der Waals surface area contributed by atoms with Crippen LogP contribution < -0.4 is 0 Å². The van der Waals surface area contributed by atoms with Crippen LogP contribution in [0.1, 0.15) is 40.5 Å². The fraction of sp³-hybridized carbons (Fsp3) is 0.733. The average molecular weight is 266 g/mol. The number of carbonyl (C=O) groups excluding carboxylic acids is 2. The Morgan fingerprint density at radius 2 is 2.11 bits per heavy atom. The number of allylic oxidation sites excluding steroid dienone is 2. The molecule has 19 heavy (non-hydrogen) atoms. The van der Waals surface area contributed by atoms with Crippen LogP contribution in [-0.4, -0.2) is 33.5 Å². The first-order valence-electron chi connectivity index (χ1n) is 6.74. The van der Waals surface area contributed by atoms with Crippen LogP contribution in [0.15, 0.2) is 11.6 Å². The van der Waals surface area contributed by atoms with Crippen LogP contribution in [0.5, 0.6) is 0 Å². The molecule has 4 nitrogen and oxygen atoms in total. The van der Waals surface area contributed by atoms with Gasteiger partial charge in [0.15, 0.2) is 11.6 Å². The van der Waals surface area contributed by atoms with Gasteiger partial charge in [-0.15, -0.1) is 0 Å². The van der Waals surface area contributed by atoms with Crippen molar-refractivity contribution >= 4 is 11.6 Å². The Hall–Kier alpha value is -1.00. The average Bonchev–Trinajstić information content (AvgIpc) is 2.24. The molecule has 0 aromatic heterocycles. The number of aliphatic hydroxyl groups is 2. The molecule has 3 rings (SSSR count). The normalized spacial score (nSPS) is 35.5. The monoisotopic (exact) mass is 266 g/mol. The van der Waals surface area contributed by atoms with Crippen molar-refractivity contribution in [3.05, 3.63) is 11.6 Å². The van der Waals surface area contributed by atoms with E-state index in [-0.39, 0.29) is 29.5 Å². The second-order valence-electron chi connectivity index (χ2n) is 6.78. The van der Waals surface area contributed by atoms with Gasteiger partial charge in [-0.25, -0.2) is 0 Å². The van der Waals surface area contributed by atoms with Crippen LogP contribution in [0.2, 0.25) is 0 Å². The van der Waals surface area contributed by atoms with Crippen molar-refractivity contribution in [2.75, 3.05) is 0 Å². The number of Topliss-reactive ketones (excluding diaryl/α,β-unsaturated/α-hetero) is 1. The Bertz CT molecular complexity index is 457. The van der Waals surface area contributed by atoms with Crippen LogP contribution >= 0.6 is 0 Å². The van der Waals surface area contributed by atoms with Gasteiger partial charge in [0.05, 0.1) is 0 Å². The molecule has 0 spiro atoms. The van der Waals surface area contributed by atoms with Crippen molar-refractivity contribution in [1.82, 2.24) is 0 Å². The molecule has 0 unspecified atom stereocenters. The second-order valence-corrected chi connectivity index (χ2v) is 6.78. The molecule has 0 amide bonds. The first-order valence-corrected chi connectivity index (χ1v) is 6.74. The number of fused-ring (bicyclic) bond motifs is 1. The number of carbonyl (C=O) groups is 2. The zero-order chi connectivity index (χ0) is 14.6. The highest BCUT2D eigenvalue weighted by Gasteiger charge is 2.58. The summed E-state index contributed by atoms with van der Waals surface area (Å²) < 4.78 is 0. The van der Waals surface area contributed by atoms with E-state index in [1.807, 2.05) is 13.8 Å². The zero-order valence-electron chi connectivity index (χ0n) is 11.9. The fourth-order valence-electron chi connectivity index (χ4n) is 3.63. The topological polar surface area (TPSA) is 74.6 Å². The van der Waals surface area contributed by atoms with E-state index in [1.54, 1.807) is 6.08 Å². The maximum atomic E-state index is 11.9. The highest BCUT2D eigenvalue weighted by molar-refractivity contribution is 5.96. The molecule has 3 aliphatic rings. The summed E-state index contributed by atoms with van der Waals surface area (Å²) in [7, 11) is 0. The van der Waals surface area contributed by atoms with E-state index in [0.717, 1.165) is 12.0 Å². The maximum absolute atomic E-state index is 11.9. The molecule has 2 N–H and O–H groups in total. The van der Waals surface area contributed by atoms with E-state index in [4.69, 9.17) is 0 Å². The van der Waals surface area contributed by atoms with E-state index in [1.165, 1.54) is 13.8 Å². The van der Waals surface area contributed by atoms with Crippen molar-refractivity contribution in [1.29, 1.82) is 0 Å². The van der Waals surface area contributed by atoms with Crippen LogP contribution in [-0.2, 0) is 9.59 Å². The number of aliphatic hydroxyl groups excluding tert-OH is 1. The smallest absolute Gasteiger partial charge is 0.192 e. The van der Waals surface area contributed by atoms with Gasteiger partial charge in [0.1, 0.15) is 11.7 Å². The standard InChI is InChI=1S/C15H22O4/c1-8-5-11(16)10-6-9(8)15(10,4)7-12(17)13(18)14(2,3)19/h5,9-10,12,17,19H,6-7H2,1-4H3/t9-,10+,12+,15-/m0/s1. The first-order chi connectivity index (χ1) is 8.57. The fourth-order valence-corrected chi connectivity index (χ4v) is 3.63. The van der Waals surface area contributed by atoms with Gasteiger partial charge in [-0.1, -0.05) is 12.5 Å². The molecule has 106 valence electrons. The van der Waals surface area contributed by atoms with Gasteiger partial charge in [-0.05, 0) is 51.0 Å². The van der Waals surface area contributed by atoms with Crippen LogP contribution in [0.3, 0.4) is 0 Å². The molecule has 1 fully saturated rings. The maximum Gasteiger partial charge on any atom is 0.192 e. The van der Waals surface area contributed by atoms with Crippen LogP contribution in [0.25, 0.3) is 0 Å². The molecule has 2 bridgehead atoms. The van der Waals surface area contributed by atoms with Gasteiger partial charge in [0.25, 0.3) is 0 Å². The molecule has 1 saturated carbocycles. The summed E-state index contributed by atoms with van der Waals surface area (Å²) in [6.45, 7) is 6.64. The Balaban J connectivity index is 2.15. The molecule has 0 saturated heterocycles. The summed E-state index contributed by atoms with van der Waals surface area (Å²) in [4.78, 5) is 23.8. The molecule has 0 aromatic carbocycles. The highest BCUT2D eigenvalue weighted by Crippen LogP contribution is 2.60. The molecular weight excluding hydrogens is 244 g/mol. The SMILES string of the molecule is CC1=CC(=O)[C@H]2C[C@@H]1[C@]2(C)C[C@@H](O)C(=O)C(C)(C)O. The van der Waals surface area contributed by atoms with Gasteiger partial charge >= 0.3 is 0 Å². The largest absolute Gasteiger partial charge is 0.385 e. The molecule has 4 heteroatoms. The lowest BCUT2D eigenvalue weighted by Crippen LogP contribution is -2.56. The molecule has 4 atom stereocenters. The third-order valence-corrected chi connectivity index (χ3v) is 4.87. The molecule has 0 heterocycles. The number of hydrogen-bond donors (Lipinski definition) is 2. The van der Waals surface area contributed by atoms with E-state index >= 15 is 0 Å². The predicted molar refractivity (Wildman–Crippen MR) is 70.4 cm³/mol. The van der Waals surface area contributed by atoms with Gasteiger partial charge in [-0.2, -0.15) is 0 Å². The van der Waals surface area contributed by atoms with Gasteiger partial charge < -0.3 is 10.2 Å². The molecular formula is C15H22O4. The first kappa shape index (κ1) is 14.4. The minimum Gasteiger partial charge on any atom is -0.385 e. The van der Waals surface area contributed by atoms with Gasteiger partial charge in [0, 0.05) is 5.92 Å². The van der Waals surface area contributed by atoms with Crippen molar-refractivity contribution in [2.45, 2.75) is 52.2 Å². The summed E-state index contributed by atoms with van der Waals surface area (Å²) in [6, 6.07) is 0. The quantitative estimate of drug-likeness (QED) is 0.803. The van der Waals surface area contributed by atoms with E-state index in [0.29, 0.717) is 0 Å². The zero-order valence-corrected chi connectivity index (χ0v) is 11.9. The van der Waals surface area contributed by atoms with Gasteiger partial charge in [-0.3, -0.25) is 9.59 Å². The summed E-state index contributed by atoms with van der Waals surface area (Å²) in [5, 5.41) is 19.7. The second kappa shape index (κ2) is 4.25. The van der Waals surface area contributed by atoms with E-state index < -0.39 is 17.5 Å². The predicted octanol–water partition coefficient (Wildman–Crippen LogP) is 1.25. The molecule has 3 aliphatic carbocycles. The summed E-state index contributed by atoms with van der Waals surface area (Å²) in [6.07, 6.45) is 1.53. The van der Waals surface area contributed by atoms with Gasteiger partial charge in [0.2, 0.25) is 0 Å². The Morgan fingerprint density at radius 1 is 1.53 bits per heavy atom. The molecule has 0 aliphatic heterocycles. The molecule has 0 aromatic rings. The minimum absolute atomic E-state index is 0.0922. The summed E-state index contributed by atoms with van der Waals surface area (Å²) in [5.41, 5.74) is -0.849. The lowest BCUT2D eigenvalue weighted by atomic mass is 9.46. The number of ketones is 2. The van der Waals surface area contributed by atoms with Crippen molar-refractivity contribution in [3.63, 3.8) is 0 Å². The number of hydrogen-bond acceptors (Lipinski definition) is 4. The van der Waals surface area contributed by atoms with Crippen LogP contribution in [0.4, 0.5) is 0 Å². The minimum atomic E-state index is -1.54. The van der Waals surface area contributed by atoms with Crippen LogP contribution in [0, 0.1) is 17.3 Å². The van der Waals surface area contributed by atoms with E-state index in [9.17, 15) is 19.8 Å². The molecule has 0 radical (unpaired) electrons. The summed E-state index contributed by atoms with van der Waals surface area (Å²) >= 11 is 0. The van der Waals surface area contributed by atoms with Crippen molar-refractivity contribution in [3.8, 4) is 0 Å². The third-order valence-electron chi connectivity index (χ3n) is 4.87. The lowest BCUT2D eigenvalue weighted by Gasteiger charge is -2.57. The highest BCUT2D eigenvalue weighted by atomic mass is 16.3. The Kier molecular flexibility index (Phi) is 3.22.